The van der Waals surface area contributed by atoms with Gasteiger partial charge in [0.15, 0.2) is 0 Å². The molecule has 116 valence electrons. The van der Waals surface area contributed by atoms with Gasteiger partial charge in [0.05, 0.1) is 5.69 Å². The fraction of sp³-hybridized carbons (Fsp3) is 0.389. The van der Waals surface area contributed by atoms with Crippen molar-refractivity contribution >= 4 is 23.4 Å². The van der Waals surface area contributed by atoms with E-state index in [1.807, 2.05) is 18.3 Å². The summed E-state index contributed by atoms with van der Waals surface area (Å²) in [5.74, 6) is 0.391. The first-order valence-corrected chi connectivity index (χ1v) is 9.31. The van der Waals surface area contributed by atoms with Crippen molar-refractivity contribution in [3.8, 4) is 0 Å². The predicted molar refractivity (Wildman–Crippen MR) is 94.7 cm³/mol. The van der Waals surface area contributed by atoms with E-state index in [-0.39, 0.29) is 0 Å². The Morgan fingerprint density at radius 1 is 1.18 bits per heavy atom. The summed E-state index contributed by atoms with van der Waals surface area (Å²) in [5.41, 5.74) is 2.12. The van der Waals surface area contributed by atoms with Gasteiger partial charge in [-0.25, -0.2) is 0 Å². The number of hydrogen-bond donors (Lipinski definition) is 1. The second kappa shape index (κ2) is 7.03. The SMILES string of the molecule is CSc1cccc(C(Cl)(c2ccccn2)C2CCNCC2)c1. The molecule has 2 nitrogen and oxygen atoms in total. The Morgan fingerprint density at radius 2 is 2.00 bits per heavy atom. The second-order valence-electron chi connectivity index (χ2n) is 5.68. The topological polar surface area (TPSA) is 24.9 Å². The summed E-state index contributed by atoms with van der Waals surface area (Å²) in [5, 5.41) is 3.43. The van der Waals surface area contributed by atoms with E-state index in [0.717, 1.165) is 37.2 Å². The molecule has 1 N–H and O–H groups in total. The zero-order valence-corrected chi connectivity index (χ0v) is 14.3. The van der Waals surface area contributed by atoms with E-state index in [2.05, 4.69) is 46.9 Å². The van der Waals surface area contributed by atoms with E-state index in [4.69, 9.17) is 11.6 Å². The highest BCUT2D eigenvalue weighted by Gasteiger charge is 2.41. The Morgan fingerprint density at radius 3 is 2.68 bits per heavy atom. The number of pyridine rings is 1. The highest BCUT2D eigenvalue weighted by molar-refractivity contribution is 7.98. The van der Waals surface area contributed by atoms with E-state index in [9.17, 15) is 0 Å². The molecule has 0 spiro atoms. The third-order valence-corrected chi connectivity index (χ3v) is 5.88. The van der Waals surface area contributed by atoms with Gasteiger partial charge in [-0.05, 0) is 67.9 Å². The van der Waals surface area contributed by atoms with E-state index < -0.39 is 4.87 Å². The number of benzene rings is 1. The summed E-state index contributed by atoms with van der Waals surface area (Å²) in [6.45, 7) is 2.04. The highest BCUT2D eigenvalue weighted by Crippen LogP contribution is 2.46. The molecular weight excluding hydrogens is 312 g/mol. The maximum Gasteiger partial charge on any atom is 0.114 e. The Bertz CT molecular complexity index is 613. The molecule has 1 atom stereocenters. The molecule has 1 aliphatic rings. The first kappa shape index (κ1) is 15.9. The Labute approximate surface area is 141 Å². The van der Waals surface area contributed by atoms with Gasteiger partial charge in [0.2, 0.25) is 0 Å². The third-order valence-electron chi connectivity index (χ3n) is 4.43. The van der Waals surface area contributed by atoms with Crippen LogP contribution in [0.2, 0.25) is 0 Å². The molecule has 0 saturated carbocycles. The van der Waals surface area contributed by atoms with Crippen molar-refractivity contribution in [2.45, 2.75) is 22.6 Å². The van der Waals surface area contributed by atoms with Gasteiger partial charge in [-0.15, -0.1) is 23.4 Å². The quantitative estimate of drug-likeness (QED) is 0.668. The van der Waals surface area contributed by atoms with Gasteiger partial charge in [-0.3, -0.25) is 4.98 Å². The fourth-order valence-electron chi connectivity index (χ4n) is 3.24. The molecule has 0 radical (unpaired) electrons. The Balaban J connectivity index is 2.09. The van der Waals surface area contributed by atoms with Crippen LogP contribution in [0.3, 0.4) is 0 Å². The number of nitrogens with zero attached hydrogens (tertiary/aromatic N) is 1. The summed E-state index contributed by atoms with van der Waals surface area (Å²) < 4.78 is 0. The first-order chi connectivity index (χ1) is 10.7. The standard InChI is InChI=1S/C18H21ClN2S/c1-22-16-6-4-5-15(13-16)18(19,14-8-11-20-12-9-14)17-7-2-3-10-21-17/h2-7,10,13-14,20H,8-9,11-12H2,1H3. The molecule has 0 aliphatic carbocycles. The van der Waals surface area contributed by atoms with Crippen LogP contribution in [-0.4, -0.2) is 24.3 Å². The summed E-state index contributed by atoms with van der Waals surface area (Å²) in [4.78, 5) is 5.30. The minimum absolute atomic E-state index is 0.391. The lowest BCUT2D eigenvalue weighted by molar-refractivity contribution is 0.312. The lowest BCUT2D eigenvalue weighted by atomic mass is 9.77. The number of thioether (sulfide) groups is 1. The van der Waals surface area contributed by atoms with E-state index in [1.165, 1.54) is 4.90 Å². The molecule has 1 unspecified atom stereocenters. The van der Waals surface area contributed by atoms with E-state index in [0.29, 0.717) is 5.92 Å². The average molecular weight is 333 g/mol. The molecule has 1 aromatic heterocycles. The van der Waals surface area contributed by atoms with Gasteiger partial charge in [0.1, 0.15) is 4.87 Å². The molecule has 1 aromatic carbocycles. The normalized spacial score (nSPS) is 18.8. The minimum atomic E-state index is -0.547. The number of rotatable bonds is 4. The molecule has 1 saturated heterocycles. The van der Waals surface area contributed by atoms with Gasteiger partial charge < -0.3 is 5.32 Å². The van der Waals surface area contributed by atoms with Crippen molar-refractivity contribution in [1.29, 1.82) is 0 Å². The van der Waals surface area contributed by atoms with Crippen LogP contribution in [0, 0.1) is 5.92 Å². The molecule has 2 heterocycles. The minimum Gasteiger partial charge on any atom is -0.317 e. The molecule has 2 aromatic rings. The maximum atomic E-state index is 7.30. The Hall–Kier alpha value is -1.03. The molecule has 0 amide bonds. The molecular formula is C18H21ClN2S. The van der Waals surface area contributed by atoms with Gasteiger partial charge in [0, 0.05) is 11.1 Å². The van der Waals surface area contributed by atoms with Crippen LogP contribution in [0.5, 0.6) is 0 Å². The highest BCUT2D eigenvalue weighted by atomic mass is 35.5. The van der Waals surface area contributed by atoms with Crippen LogP contribution in [0.15, 0.2) is 53.6 Å². The predicted octanol–water partition coefficient (Wildman–Crippen LogP) is 4.29. The van der Waals surface area contributed by atoms with Gasteiger partial charge in [0.25, 0.3) is 0 Å². The van der Waals surface area contributed by atoms with E-state index >= 15 is 0 Å². The number of aromatic nitrogens is 1. The summed E-state index contributed by atoms with van der Waals surface area (Å²) in [6, 6.07) is 14.6. The lowest BCUT2D eigenvalue weighted by Crippen LogP contribution is -2.39. The number of nitrogens with one attached hydrogen (secondary N) is 1. The summed E-state index contributed by atoms with van der Waals surface area (Å²) in [7, 11) is 0. The molecule has 1 aliphatic heterocycles. The zero-order chi connectivity index (χ0) is 15.4. The van der Waals surface area contributed by atoms with Crippen LogP contribution >= 0.6 is 23.4 Å². The molecule has 1 fully saturated rings. The van der Waals surface area contributed by atoms with Crippen LogP contribution < -0.4 is 5.32 Å². The van der Waals surface area contributed by atoms with Crippen molar-refractivity contribution in [3.63, 3.8) is 0 Å². The van der Waals surface area contributed by atoms with Gasteiger partial charge in [-0.1, -0.05) is 18.2 Å². The monoisotopic (exact) mass is 332 g/mol. The van der Waals surface area contributed by atoms with Crippen LogP contribution in [0.1, 0.15) is 24.1 Å². The van der Waals surface area contributed by atoms with Crippen LogP contribution in [0.4, 0.5) is 0 Å². The van der Waals surface area contributed by atoms with Crippen molar-refractivity contribution in [1.82, 2.24) is 10.3 Å². The second-order valence-corrected chi connectivity index (χ2v) is 7.16. The van der Waals surface area contributed by atoms with Crippen molar-refractivity contribution in [2.75, 3.05) is 19.3 Å². The fourth-order valence-corrected chi connectivity index (χ4v) is 4.15. The Kier molecular flexibility index (Phi) is 5.07. The smallest absolute Gasteiger partial charge is 0.114 e. The van der Waals surface area contributed by atoms with Crippen LogP contribution in [-0.2, 0) is 4.87 Å². The lowest BCUT2D eigenvalue weighted by Gasteiger charge is -2.38. The summed E-state index contributed by atoms with van der Waals surface area (Å²) in [6.07, 6.45) is 6.08. The van der Waals surface area contributed by atoms with Gasteiger partial charge in [-0.2, -0.15) is 0 Å². The maximum absolute atomic E-state index is 7.30. The molecule has 3 rings (SSSR count). The van der Waals surface area contributed by atoms with Gasteiger partial charge >= 0.3 is 0 Å². The van der Waals surface area contributed by atoms with Crippen molar-refractivity contribution in [2.24, 2.45) is 5.92 Å². The first-order valence-electron chi connectivity index (χ1n) is 7.71. The third kappa shape index (κ3) is 3.03. The molecule has 4 heteroatoms. The van der Waals surface area contributed by atoms with E-state index in [1.54, 1.807) is 11.8 Å². The van der Waals surface area contributed by atoms with Crippen LogP contribution in [0.25, 0.3) is 0 Å². The summed E-state index contributed by atoms with van der Waals surface area (Å²) >= 11 is 9.05. The van der Waals surface area contributed by atoms with Crippen molar-refractivity contribution < 1.29 is 0 Å². The molecule has 0 bridgehead atoms. The van der Waals surface area contributed by atoms with Crippen molar-refractivity contribution in [3.05, 3.63) is 59.9 Å². The number of hydrogen-bond acceptors (Lipinski definition) is 3. The number of halogens is 1. The molecule has 22 heavy (non-hydrogen) atoms. The number of piperidine rings is 1. The zero-order valence-electron chi connectivity index (χ0n) is 12.8. The largest absolute Gasteiger partial charge is 0.317 e. The average Bonchev–Trinajstić information content (AvgIpc) is 2.62. The number of alkyl halides is 1.